The topological polar surface area (TPSA) is 79.7 Å². The fourth-order valence-corrected chi connectivity index (χ4v) is 3.62. The van der Waals surface area contributed by atoms with E-state index in [2.05, 4.69) is 4.98 Å². The van der Waals surface area contributed by atoms with Gasteiger partial charge in [0.05, 0.1) is 29.9 Å². The summed E-state index contributed by atoms with van der Waals surface area (Å²) < 4.78 is 5.73. The van der Waals surface area contributed by atoms with Crippen molar-refractivity contribution in [3.63, 3.8) is 0 Å². The molecule has 31 heavy (non-hydrogen) atoms. The van der Waals surface area contributed by atoms with Gasteiger partial charge in [-0.3, -0.25) is 9.78 Å². The van der Waals surface area contributed by atoms with Crippen molar-refractivity contribution in [3.8, 4) is 0 Å². The number of hydrogen-bond acceptors (Lipinski definition) is 4. The molecule has 2 aromatic carbocycles. The second-order valence-electron chi connectivity index (χ2n) is 7.45. The van der Waals surface area contributed by atoms with Gasteiger partial charge in [0.15, 0.2) is 0 Å². The first-order valence-corrected chi connectivity index (χ1v) is 10.5. The van der Waals surface area contributed by atoms with Crippen molar-refractivity contribution in [1.82, 2.24) is 9.88 Å². The Morgan fingerprint density at radius 3 is 2.55 bits per heavy atom. The number of fused-ring (bicyclic) bond motifs is 1. The Labute approximate surface area is 182 Å². The first-order valence-electron chi connectivity index (χ1n) is 10.5. The van der Waals surface area contributed by atoms with E-state index in [4.69, 9.17) is 4.74 Å². The van der Waals surface area contributed by atoms with E-state index in [1.807, 2.05) is 55.5 Å². The molecule has 6 nitrogen and oxygen atoms in total. The van der Waals surface area contributed by atoms with E-state index in [0.29, 0.717) is 43.7 Å². The lowest BCUT2D eigenvalue weighted by Gasteiger charge is -2.21. The predicted octanol–water partition coefficient (Wildman–Crippen LogP) is 4.45. The van der Waals surface area contributed by atoms with Gasteiger partial charge in [-0.25, -0.2) is 4.79 Å². The van der Waals surface area contributed by atoms with Crippen LogP contribution in [0, 0.1) is 0 Å². The van der Waals surface area contributed by atoms with Gasteiger partial charge in [0.1, 0.15) is 0 Å². The second kappa shape index (κ2) is 10.7. The third-order valence-electron chi connectivity index (χ3n) is 5.26. The van der Waals surface area contributed by atoms with Gasteiger partial charge in [-0.15, -0.1) is 0 Å². The molecular formula is C25H28N2O4. The van der Waals surface area contributed by atoms with Crippen LogP contribution in [0.4, 0.5) is 0 Å². The maximum absolute atomic E-state index is 12.1. The fourth-order valence-electron chi connectivity index (χ4n) is 3.62. The minimum absolute atomic E-state index is 0.0150. The van der Waals surface area contributed by atoms with E-state index in [0.717, 1.165) is 22.2 Å². The molecule has 3 rings (SSSR count). The zero-order chi connectivity index (χ0) is 22.2. The first kappa shape index (κ1) is 22.4. The van der Waals surface area contributed by atoms with Gasteiger partial charge in [-0.05, 0) is 36.1 Å². The normalized spacial score (nSPS) is 10.9. The molecule has 1 aromatic heterocycles. The van der Waals surface area contributed by atoms with Crippen LogP contribution in [-0.2, 0) is 29.1 Å². The summed E-state index contributed by atoms with van der Waals surface area (Å²) in [6.45, 7) is 5.16. The van der Waals surface area contributed by atoms with E-state index in [-0.39, 0.29) is 12.5 Å². The monoisotopic (exact) mass is 420 g/mol. The Kier molecular flexibility index (Phi) is 7.73. The lowest BCUT2D eigenvalue weighted by molar-refractivity contribution is -0.129. The van der Waals surface area contributed by atoms with Gasteiger partial charge < -0.3 is 14.7 Å². The van der Waals surface area contributed by atoms with Crippen molar-refractivity contribution >= 4 is 22.8 Å². The highest BCUT2D eigenvalue weighted by Gasteiger charge is 2.15. The molecule has 0 spiro atoms. The number of nitrogens with zero attached hydrogens (tertiary/aromatic N) is 2. The van der Waals surface area contributed by atoms with Gasteiger partial charge >= 0.3 is 5.97 Å². The van der Waals surface area contributed by atoms with Crippen molar-refractivity contribution in [2.45, 2.75) is 39.8 Å². The highest BCUT2D eigenvalue weighted by Crippen LogP contribution is 2.17. The molecule has 0 saturated heterocycles. The van der Waals surface area contributed by atoms with Gasteiger partial charge in [0, 0.05) is 25.5 Å². The van der Waals surface area contributed by atoms with Gasteiger partial charge in [0.2, 0.25) is 5.91 Å². The summed E-state index contributed by atoms with van der Waals surface area (Å²) in [5, 5.41) is 10.6. The highest BCUT2D eigenvalue weighted by atomic mass is 16.5. The quantitative estimate of drug-likeness (QED) is 0.490. The number of carboxylic acids is 1. The Hall–Kier alpha value is -3.25. The molecule has 0 radical (unpaired) electrons. The molecule has 0 bridgehead atoms. The fraction of sp³-hybridized carbons (Fsp3) is 0.320. The van der Waals surface area contributed by atoms with Crippen molar-refractivity contribution in [3.05, 3.63) is 77.0 Å². The van der Waals surface area contributed by atoms with Crippen LogP contribution in [0.25, 0.3) is 10.9 Å². The maximum Gasteiger partial charge on any atom is 0.336 e. The number of carboxylic acid groups (broad SMARTS) is 1. The molecule has 0 fully saturated rings. The Bertz CT molecular complexity index is 1060. The number of benzene rings is 2. The average molecular weight is 421 g/mol. The third kappa shape index (κ3) is 5.89. The summed E-state index contributed by atoms with van der Waals surface area (Å²) in [6.07, 6.45) is 1.31. The van der Waals surface area contributed by atoms with Crippen LogP contribution in [-0.4, -0.2) is 40.0 Å². The number of carbonyl (C=O) groups is 2. The third-order valence-corrected chi connectivity index (χ3v) is 5.26. The van der Waals surface area contributed by atoms with E-state index >= 15 is 0 Å². The van der Waals surface area contributed by atoms with Crippen molar-refractivity contribution in [1.29, 1.82) is 0 Å². The number of carbonyl (C=O) groups excluding carboxylic acids is 1. The summed E-state index contributed by atoms with van der Waals surface area (Å²) in [5.41, 5.74) is 3.57. The number of aromatic carboxylic acids is 1. The lowest BCUT2D eigenvalue weighted by Crippen LogP contribution is -2.30. The largest absolute Gasteiger partial charge is 0.478 e. The van der Waals surface area contributed by atoms with Crippen molar-refractivity contribution < 1.29 is 19.4 Å². The molecule has 0 atom stereocenters. The number of rotatable bonds is 10. The highest BCUT2D eigenvalue weighted by molar-refractivity contribution is 5.91. The molecule has 0 aliphatic heterocycles. The van der Waals surface area contributed by atoms with Crippen LogP contribution in [0.1, 0.15) is 47.4 Å². The van der Waals surface area contributed by atoms with Crippen LogP contribution >= 0.6 is 0 Å². The summed E-state index contributed by atoms with van der Waals surface area (Å²) in [4.78, 5) is 30.1. The Morgan fingerprint density at radius 2 is 1.81 bits per heavy atom. The average Bonchev–Trinajstić information content (AvgIpc) is 2.77. The number of pyridine rings is 1. The van der Waals surface area contributed by atoms with Gasteiger partial charge in [-0.1, -0.05) is 49.4 Å². The summed E-state index contributed by atoms with van der Waals surface area (Å²) in [6, 6.07) is 17.3. The predicted molar refractivity (Wildman–Crippen MR) is 120 cm³/mol. The number of para-hydroxylation sites is 1. The SMILES string of the molecule is CCc1cccc(COCCCN(Cc2ccc3ccccc3n2)C(C)=O)c1C(=O)O. The van der Waals surface area contributed by atoms with E-state index in [9.17, 15) is 14.7 Å². The Morgan fingerprint density at radius 1 is 1.03 bits per heavy atom. The summed E-state index contributed by atoms with van der Waals surface area (Å²) in [5.74, 6) is -0.944. The molecule has 1 N–H and O–H groups in total. The summed E-state index contributed by atoms with van der Waals surface area (Å²) >= 11 is 0. The molecule has 1 heterocycles. The second-order valence-corrected chi connectivity index (χ2v) is 7.45. The van der Waals surface area contributed by atoms with E-state index < -0.39 is 5.97 Å². The van der Waals surface area contributed by atoms with Crippen LogP contribution in [0.15, 0.2) is 54.6 Å². The number of aromatic nitrogens is 1. The molecule has 6 heteroatoms. The van der Waals surface area contributed by atoms with Crippen molar-refractivity contribution in [2.75, 3.05) is 13.2 Å². The van der Waals surface area contributed by atoms with Gasteiger partial charge in [-0.2, -0.15) is 0 Å². The van der Waals surface area contributed by atoms with E-state index in [1.54, 1.807) is 17.9 Å². The molecule has 162 valence electrons. The standard InChI is InChI=1S/C25H28N2O4/c1-3-19-9-6-10-21(24(19)25(29)30)17-31-15-7-14-27(18(2)28)16-22-13-12-20-8-4-5-11-23(20)26-22/h4-6,8-13H,3,7,14-17H2,1-2H3,(H,29,30). The van der Waals surface area contributed by atoms with Crippen molar-refractivity contribution in [2.24, 2.45) is 0 Å². The minimum atomic E-state index is -0.929. The molecule has 0 aliphatic carbocycles. The Balaban J connectivity index is 1.53. The van der Waals surface area contributed by atoms with Gasteiger partial charge in [0.25, 0.3) is 0 Å². The number of amides is 1. The molecule has 0 saturated carbocycles. The first-order chi connectivity index (χ1) is 15.0. The molecule has 3 aromatic rings. The molecule has 0 aliphatic rings. The van der Waals surface area contributed by atoms with Crippen LogP contribution in [0.5, 0.6) is 0 Å². The minimum Gasteiger partial charge on any atom is -0.478 e. The number of ether oxygens (including phenoxy) is 1. The van der Waals surface area contributed by atoms with Crippen LogP contribution < -0.4 is 0 Å². The smallest absolute Gasteiger partial charge is 0.336 e. The molecule has 0 unspecified atom stereocenters. The molecule has 1 amide bonds. The number of aryl methyl sites for hydroxylation is 1. The lowest BCUT2D eigenvalue weighted by atomic mass is 10.00. The molecular weight excluding hydrogens is 392 g/mol. The number of hydrogen-bond donors (Lipinski definition) is 1. The summed E-state index contributed by atoms with van der Waals surface area (Å²) in [7, 11) is 0. The maximum atomic E-state index is 12.1. The van der Waals surface area contributed by atoms with Crippen LogP contribution in [0.2, 0.25) is 0 Å². The van der Waals surface area contributed by atoms with Crippen LogP contribution in [0.3, 0.4) is 0 Å². The zero-order valence-electron chi connectivity index (χ0n) is 18.0. The zero-order valence-corrected chi connectivity index (χ0v) is 18.0. The van der Waals surface area contributed by atoms with E-state index in [1.165, 1.54) is 0 Å².